The molecule has 2 aliphatic rings. The van der Waals surface area contributed by atoms with Gasteiger partial charge in [-0.25, -0.2) is 15.4 Å². The lowest BCUT2D eigenvalue weighted by Gasteiger charge is -2.54. The summed E-state index contributed by atoms with van der Waals surface area (Å²) < 4.78 is 0. The zero-order valence-electron chi connectivity index (χ0n) is 13.9. The van der Waals surface area contributed by atoms with Crippen LogP contribution in [0.3, 0.4) is 0 Å². The van der Waals surface area contributed by atoms with E-state index in [9.17, 15) is 4.79 Å². The Kier molecular flexibility index (Phi) is 4.41. The molecule has 0 bridgehead atoms. The summed E-state index contributed by atoms with van der Waals surface area (Å²) in [6.07, 6.45) is 5.19. The van der Waals surface area contributed by atoms with Crippen LogP contribution in [0.4, 0.5) is 5.95 Å². The lowest BCUT2D eigenvalue weighted by molar-refractivity contribution is -0.0241. The average molecular weight is 359 g/mol. The predicted octanol–water partition coefficient (Wildman–Crippen LogP) is 1.76. The van der Waals surface area contributed by atoms with Crippen molar-refractivity contribution in [1.29, 1.82) is 0 Å². The molecule has 7 nitrogen and oxygen atoms in total. The van der Waals surface area contributed by atoms with Crippen molar-refractivity contribution in [1.82, 2.24) is 20.3 Å². The third kappa shape index (κ3) is 3.37. The second-order valence-electron chi connectivity index (χ2n) is 6.98. The summed E-state index contributed by atoms with van der Waals surface area (Å²) in [5.74, 6) is 0.0584. The van der Waals surface area contributed by atoms with Crippen LogP contribution >= 0.6 is 11.3 Å². The zero-order valence-corrected chi connectivity index (χ0v) is 14.7. The smallest absolute Gasteiger partial charge is 0.277 e. The maximum absolute atomic E-state index is 11.3. The Morgan fingerprint density at radius 3 is 2.60 bits per heavy atom. The van der Waals surface area contributed by atoms with Crippen LogP contribution in [-0.4, -0.2) is 52.2 Å². The Morgan fingerprint density at radius 1 is 1.28 bits per heavy atom. The first-order valence-corrected chi connectivity index (χ1v) is 9.37. The summed E-state index contributed by atoms with van der Waals surface area (Å²) in [7, 11) is 0. The number of nitrogens with zero attached hydrogens (tertiary/aromatic N) is 4. The quantitative estimate of drug-likeness (QED) is 0.639. The fourth-order valence-electron chi connectivity index (χ4n) is 3.82. The van der Waals surface area contributed by atoms with E-state index in [1.54, 1.807) is 16.8 Å². The molecule has 0 aliphatic carbocycles. The highest BCUT2D eigenvalue weighted by Gasteiger charge is 2.44. The van der Waals surface area contributed by atoms with Gasteiger partial charge in [0.15, 0.2) is 0 Å². The molecule has 2 N–H and O–H groups in total. The maximum Gasteiger partial charge on any atom is 0.277 e. The number of aromatic nitrogens is 2. The van der Waals surface area contributed by atoms with Crippen LogP contribution in [0.25, 0.3) is 0 Å². The number of hydrogen-bond donors (Lipinski definition) is 2. The van der Waals surface area contributed by atoms with Crippen LogP contribution in [-0.2, 0) is 6.54 Å². The molecule has 0 saturated carbocycles. The van der Waals surface area contributed by atoms with Gasteiger partial charge in [-0.15, -0.1) is 0 Å². The van der Waals surface area contributed by atoms with E-state index in [0.29, 0.717) is 11.4 Å². The number of hydroxylamine groups is 1. The number of nitrogens with one attached hydrogen (secondary N) is 1. The molecule has 0 radical (unpaired) electrons. The van der Waals surface area contributed by atoms with Crippen LogP contribution in [0.5, 0.6) is 0 Å². The molecule has 2 saturated heterocycles. The highest BCUT2D eigenvalue weighted by atomic mass is 32.1. The molecule has 0 aromatic carbocycles. The van der Waals surface area contributed by atoms with E-state index in [2.05, 4.69) is 36.6 Å². The van der Waals surface area contributed by atoms with Crippen molar-refractivity contribution in [2.24, 2.45) is 5.41 Å². The normalized spacial score (nSPS) is 19.6. The molecular formula is C17H21N5O2S. The van der Waals surface area contributed by atoms with Crippen molar-refractivity contribution in [2.75, 3.05) is 31.1 Å². The number of carbonyl (C=O) groups is 1. The molecule has 0 atom stereocenters. The number of carbonyl (C=O) groups excluding carboxylic acids is 1. The molecule has 4 heterocycles. The minimum atomic E-state index is -0.593. The Labute approximate surface area is 150 Å². The lowest BCUT2D eigenvalue weighted by Crippen LogP contribution is -2.59. The van der Waals surface area contributed by atoms with Crippen molar-refractivity contribution >= 4 is 23.2 Å². The van der Waals surface area contributed by atoms with E-state index in [-0.39, 0.29) is 5.56 Å². The van der Waals surface area contributed by atoms with Gasteiger partial charge >= 0.3 is 0 Å². The van der Waals surface area contributed by atoms with Crippen molar-refractivity contribution in [3.8, 4) is 0 Å². The molecule has 8 heteroatoms. The van der Waals surface area contributed by atoms with Crippen molar-refractivity contribution < 1.29 is 10.0 Å². The number of thiophene rings is 1. The number of hydrogen-bond acceptors (Lipinski definition) is 7. The summed E-state index contributed by atoms with van der Waals surface area (Å²) in [5.41, 5.74) is 3.70. The third-order valence-electron chi connectivity index (χ3n) is 5.21. The molecular weight excluding hydrogens is 338 g/mol. The molecule has 1 spiro atoms. The third-order valence-corrected chi connectivity index (χ3v) is 5.95. The van der Waals surface area contributed by atoms with Crippen LogP contribution in [0.2, 0.25) is 0 Å². The molecule has 132 valence electrons. The summed E-state index contributed by atoms with van der Waals surface area (Å²) in [5, 5.41) is 13.0. The Hall–Kier alpha value is -2.03. The molecule has 2 aromatic rings. The lowest BCUT2D eigenvalue weighted by atomic mass is 9.72. The largest absolute Gasteiger partial charge is 0.341 e. The second-order valence-corrected chi connectivity index (χ2v) is 7.76. The summed E-state index contributed by atoms with van der Waals surface area (Å²) in [4.78, 5) is 24.5. The number of amides is 1. The molecule has 2 fully saturated rings. The standard InChI is InChI=1S/C17H21N5O2S/c23-15(20-24)14-7-18-16(19-8-14)22-4-2-17(3-5-22)11-21(12-17)9-13-1-6-25-10-13/h1,6-8,10,24H,2-5,9,11-12H2,(H,20,23). The van der Waals surface area contributed by atoms with Crippen LogP contribution in [0.15, 0.2) is 29.2 Å². The molecule has 4 rings (SSSR count). The summed E-state index contributed by atoms with van der Waals surface area (Å²) in [6.45, 7) is 5.29. The molecule has 2 aromatic heterocycles. The fraction of sp³-hybridized carbons (Fsp3) is 0.471. The van der Waals surface area contributed by atoms with Gasteiger partial charge in [0.25, 0.3) is 5.91 Å². The van der Waals surface area contributed by atoms with E-state index < -0.39 is 5.91 Å². The van der Waals surface area contributed by atoms with Crippen LogP contribution < -0.4 is 10.4 Å². The first-order valence-electron chi connectivity index (χ1n) is 8.42. The van der Waals surface area contributed by atoms with Gasteiger partial charge < -0.3 is 4.90 Å². The van der Waals surface area contributed by atoms with Crippen LogP contribution in [0.1, 0.15) is 28.8 Å². The van der Waals surface area contributed by atoms with Gasteiger partial charge in [-0.05, 0) is 40.6 Å². The van der Waals surface area contributed by atoms with Gasteiger partial charge in [0.2, 0.25) is 5.95 Å². The fourth-order valence-corrected chi connectivity index (χ4v) is 4.48. The van der Waals surface area contributed by atoms with Crippen molar-refractivity contribution in [2.45, 2.75) is 19.4 Å². The van der Waals surface area contributed by atoms with E-state index in [1.165, 1.54) is 31.0 Å². The summed E-state index contributed by atoms with van der Waals surface area (Å²) >= 11 is 1.76. The highest BCUT2D eigenvalue weighted by Crippen LogP contribution is 2.41. The van der Waals surface area contributed by atoms with Gasteiger partial charge in [0, 0.05) is 45.1 Å². The SMILES string of the molecule is O=C(NO)c1cnc(N2CCC3(CC2)CN(Cc2ccsc2)C3)nc1. The predicted molar refractivity (Wildman–Crippen MR) is 94.8 cm³/mol. The molecule has 2 aliphatic heterocycles. The monoisotopic (exact) mass is 359 g/mol. The Bertz CT molecular complexity index is 718. The van der Waals surface area contributed by atoms with Gasteiger partial charge in [-0.1, -0.05) is 0 Å². The van der Waals surface area contributed by atoms with Crippen molar-refractivity contribution in [3.05, 3.63) is 40.3 Å². The average Bonchev–Trinajstić information content (AvgIpc) is 3.14. The van der Waals surface area contributed by atoms with E-state index >= 15 is 0 Å². The molecule has 0 unspecified atom stereocenters. The number of likely N-dealkylation sites (tertiary alicyclic amines) is 1. The van der Waals surface area contributed by atoms with Crippen molar-refractivity contribution in [3.63, 3.8) is 0 Å². The van der Waals surface area contributed by atoms with E-state index in [4.69, 9.17) is 5.21 Å². The molecule has 1 amide bonds. The van der Waals surface area contributed by atoms with Gasteiger partial charge in [0.05, 0.1) is 5.56 Å². The van der Waals surface area contributed by atoms with Crippen LogP contribution in [0, 0.1) is 5.41 Å². The van der Waals surface area contributed by atoms with E-state index in [0.717, 1.165) is 32.5 Å². The topological polar surface area (TPSA) is 81.6 Å². The number of piperidine rings is 1. The Balaban J connectivity index is 1.29. The van der Waals surface area contributed by atoms with Gasteiger partial charge in [-0.2, -0.15) is 11.3 Å². The minimum absolute atomic E-state index is 0.253. The first kappa shape index (κ1) is 16.4. The zero-order chi connectivity index (χ0) is 17.3. The second kappa shape index (κ2) is 6.70. The maximum atomic E-state index is 11.3. The number of anilines is 1. The van der Waals surface area contributed by atoms with E-state index in [1.807, 2.05) is 0 Å². The summed E-state index contributed by atoms with van der Waals surface area (Å²) in [6, 6.07) is 2.20. The molecule has 25 heavy (non-hydrogen) atoms. The Morgan fingerprint density at radius 2 is 2.00 bits per heavy atom. The van der Waals surface area contributed by atoms with Gasteiger partial charge in [-0.3, -0.25) is 14.9 Å². The van der Waals surface area contributed by atoms with Gasteiger partial charge in [0.1, 0.15) is 0 Å². The highest BCUT2D eigenvalue weighted by molar-refractivity contribution is 7.07. The minimum Gasteiger partial charge on any atom is -0.341 e. The first-order chi connectivity index (χ1) is 12.2. The number of rotatable bonds is 4.